The van der Waals surface area contributed by atoms with E-state index >= 15 is 0 Å². The fraction of sp³-hybridized carbons (Fsp3) is 0.667. The Bertz CT molecular complexity index is 372. The number of esters is 3. The highest BCUT2D eigenvalue weighted by Gasteiger charge is 2.31. The highest BCUT2D eigenvalue weighted by molar-refractivity contribution is 5.94. The van der Waals surface area contributed by atoms with E-state index in [1.165, 1.54) is 7.11 Å². The molecule has 0 aromatic carbocycles. The molecule has 20 heavy (non-hydrogen) atoms. The first kappa shape index (κ1) is 16.4. The van der Waals surface area contributed by atoms with E-state index in [1.54, 1.807) is 0 Å². The van der Waals surface area contributed by atoms with Crippen LogP contribution < -0.4 is 0 Å². The lowest BCUT2D eigenvalue weighted by atomic mass is 10.0. The average molecular weight is 282 g/mol. The van der Waals surface area contributed by atoms with Crippen LogP contribution >= 0.6 is 0 Å². The second kappa shape index (κ2) is 9.28. The Morgan fingerprint density at radius 1 is 1.25 bits per heavy atom. The predicted octanol–water partition coefficient (Wildman–Crippen LogP) is 2.54. The Hall–Kier alpha value is -1.65. The van der Waals surface area contributed by atoms with Gasteiger partial charge in [-0.25, -0.2) is 0 Å². The van der Waals surface area contributed by atoms with Crippen LogP contribution in [-0.2, 0) is 23.9 Å². The third kappa shape index (κ3) is 6.50. The van der Waals surface area contributed by atoms with E-state index in [4.69, 9.17) is 0 Å². The molecule has 0 N–H and O–H groups in total. The summed E-state index contributed by atoms with van der Waals surface area (Å²) in [4.78, 5) is 32.9. The van der Waals surface area contributed by atoms with Crippen LogP contribution in [-0.4, -0.2) is 25.0 Å². The van der Waals surface area contributed by atoms with Gasteiger partial charge in [0, 0.05) is 6.42 Å². The molecule has 1 unspecified atom stereocenters. The van der Waals surface area contributed by atoms with Crippen LogP contribution in [0.1, 0.15) is 51.4 Å². The Labute approximate surface area is 119 Å². The van der Waals surface area contributed by atoms with Crippen LogP contribution in [0.5, 0.6) is 0 Å². The molecule has 5 nitrogen and oxygen atoms in total. The molecule has 0 bridgehead atoms. The van der Waals surface area contributed by atoms with E-state index in [1.807, 2.05) is 12.2 Å². The third-order valence-electron chi connectivity index (χ3n) is 3.28. The minimum atomic E-state index is -0.418. The fourth-order valence-corrected chi connectivity index (χ4v) is 2.07. The number of carbonyl (C=O) groups excluding carboxylic acids is 3. The first-order chi connectivity index (χ1) is 9.63. The molecule has 1 saturated heterocycles. The smallest absolute Gasteiger partial charge is 0.317 e. The number of hydrogen-bond donors (Lipinski definition) is 0. The zero-order chi connectivity index (χ0) is 14.8. The van der Waals surface area contributed by atoms with Crippen LogP contribution in [0.4, 0.5) is 0 Å². The minimum Gasteiger partial charge on any atom is -0.469 e. The molecule has 1 atom stereocenters. The average Bonchev–Trinajstić information content (AvgIpc) is 2.74. The van der Waals surface area contributed by atoms with Gasteiger partial charge in [-0.2, -0.15) is 0 Å². The number of ether oxygens (including phenoxy) is 2. The van der Waals surface area contributed by atoms with Crippen molar-refractivity contribution in [2.75, 3.05) is 7.11 Å². The van der Waals surface area contributed by atoms with E-state index in [9.17, 15) is 14.4 Å². The Morgan fingerprint density at radius 2 is 2.00 bits per heavy atom. The van der Waals surface area contributed by atoms with Crippen LogP contribution in [0.25, 0.3) is 0 Å². The largest absolute Gasteiger partial charge is 0.469 e. The standard InChI is InChI=1S/C15H22O5/c1-19-13(16)10-8-6-4-2-3-5-7-9-12-11-14(17)20-15(12)18/h5,7,12H,2-4,6,8-11H2,1H3/b7-5+. The van der Waals surface area contributed by atoms with E-state index < -0.39 is 11.9 Å². The van der Waals surface area contributed by atoms with Crippen molar-refractivity contribution in [1.82, 2.24) is 0 Å². The number of hydrogen-bond acceptors (Lipinski definition) is 5. The maximum atomic E-state index is 11.2. The van der Waals surface area contributed by atoms with Gasteiger partial charge in [-0.3, -0.25) is 14.4 Å². The molecular weight excluding hydrogens is 260 g/mol. The van der Waals surface area contributed by atoms with Crippen LogP contribution in [0, 0.1) is 5.92 Å². The van der Waals surface area contributed by atoms with Crippen LogP contribution in [0.15, 0.2) is 12.2 Å². The summed E-state index contributed by atoms with van der Waals surface area (Å²) in [5, 5.41) is 0. The predicted molar refractivity (Wildman–Crippen MR) is 72.7 cm³/mol. The third-order valence-corrected chi connectivity index (χ3v) is 3.28. The molecule has 0 saturated carbocycles. The second-order valence-electron chi connectivity index (χ2n) is 4.93. The quantitative estimate of drug-likeness (QED) is 0.281. The molecule has 5 heteroatoms. The van der Waals surface area contributed by atoms with Crippen molar-refractivity contribution in [3.8, 4) is 0 Å². The van der Waals surface area contributed by atoms with Gasteiger partial charge in [0.2, 0.25) is 0 Å². The first-order valence-electron chi connectivity index (χ1n) is 7.10. The van der Waals surface area contributed by atoms with Crippen molar-refractivity contribution in [2.45, 2.75) is 51.4 Å². The molecule has 1 fully saturated rings. The van der Waals surface area contributed by atoms with E-state index in [0.717, 1.165) is 32.1 Å². The summed E-state index contributed by atoms with van der Waals surface area (Å²) in [6.07, 6.45) is 10.2. The van der Waals surface area contributed by atoms with Gasteiger partial charge in [0.25, 0.3) is 0 Å². The lowest BCUT2D eigenvalue weighted by Gasteiger charge is -2.00. The number of cyclic esters (lactones) is 2. The minimum absolute atomic E-state index is 0.150. The normalized spacial score (nSPS) is 18.6. The van der Waals surface area contributed by atoms with Crippen LogP contribution in [0.2, 0.25) is 0 Å². The van der Waals surface area contributed by atoms with Crippen molar-refractivity contribution in [3.63, 3.8) is 0 Å². The van der Waals surface area contributed by atoms with Crippen molar-refractivity contribution in [2.24, 2.45) is 5.92 Å². The monoisotopic (exact) mass is 282 g/mol. The summed E-state index contributed by atoms with van der Waals surface area (Å²) in [7, 11) is 1.40. The summed E-state index contributed by atoms with van der Waals surface area (Å²) in [5.74, 6) is -1.26. The summed E-state index contributed by atoms with van der Waals surface area (Å²) in [6.45, 7) is 0. The number of carbonyl (C=O) groups is 3. The highest BCUT2D eigenvalue weighted by Crippen LogP contribution is 2.20. The molecule has 1 aliphatic heterocycles. The number of methoxy groups -OCH3 is 1. The molecule has 1 aliphatic rings. The molecule has 112 valence electrons. The number of unbranched alkanes of at least 4 members (excludes halogenated alkanes) is 4. The molecule has 0 aliphatic carbocycles. The fourth-order valence-electron chi connectivity index (χ4n) is 2.07. The van der Waals surface area contributed by atoms with Crippen LogP contribution in [0.3, 0.4) is 0 Å². The Morgan fingerprint density at radius 3 is 2.65 bits per heavy atom. The zero-order valence-electron chi connectivity index (χ0n) is 11.9. The van der Waals surface area contributed by atoms with Crippen molar-refractivity contribution >= 4 is 17.9 Å². The van der Waals surface area contributed by atoms with Gasteiger partial charge in [-0.05, 0) is 25.7 Å². The van der Waals surface area contributed by atoms with E-state index in [-0.39, 0.29) is 18.3 Å². The van der Waals surface area contributed by atoms with Gasteiger partial charge in [0.15, 0.2) is 0 Å². The maximum Gasteiger partial charge on any atom is 0.317 e. The molecule has 1 rings (SSSR count). The number of allylic oxidation sites excluding steroid dienone is 2. The highest BCUT2D eigenvalue weighted by atomic mass is 16.6. The Kier molecular flexibility index (Phi) is 7.62. The first-order valence-corrected chi connectivity index (χ1v) is 7.10. The van der Waals surface area contributed by atoms with Crippen molar-refractivity contribution < 1.29 is 23.9 Å². The SMILES string of the molecule is COC(=O)CCCCCC/C=C/CC1CC(=O)OC1=O. The van der Waals surface area contributed by atoms with Crippen molar-refractivity contribution in [1.29, 1.82) is 0 Å². The molecule has 0 aromatic heterocycles. The zero-order valence-corrected chi connectivity index (χ0v) is 11.9. The summed E-state index contributed by atoms with van der Waals surface area (Å²) in [5.41, 5.74) is 0. The van der Waals surface area contributed by atoms with Gasteiger partial charge in [-0.15, -0.1) is 0 Å². The van der Waals surface area contributed by atoms with Gasteiger partial charge in [0.05, 0.1) is 19.4 Å². The summed E-state index contributed by atoms with van der Waals surface area (Å²) >= 11 is 0. The van der Waals surface area contributed by atoms with Crippen molar-refractivity contribution in [3.05, 3.63) is 12.2 Å². The molecule has 0 spiro atoms. The molecule has 0 amide bonds. The maximum absolute atomic E-state index is 11.2. The molecule has 0 radical (unpaired) electrons. The lowest BCUT2D eigenvalue weighted by Crippen LogP contribution is -2.05. The van der Waals surface area contributed by atoms with E-state index in [2.05, 4.69) is 9.47 Å². The van der Waals surface area contributed by atoms with Gasteiger partial charge >= 0.3 is 17.9 Å². The summed E-state index contributed by atoms with van der Waals surface area (Å²) in [6, 6.07) is 0. The van der Waals surface area contributed by atoms with Gasteiger partial charge in [-0.1, -0.05) is 25.0 Å². The number of rotatable bonds is 9. The molecular formula is C15H22O5. The second-order valence-corrected chi connectivity index (χ2v) is 4.93. The summed E-state index contributed by atoms with van der Waals surface area (Å²) < 4.78 is 9.04. The topological polar surface area (TPSA) is 69.7 Å². The van der Waals surface area contributed by atoms with Gasteiger partial charge < -0.3 is 9.47 Å². The van der Waals surface area contributed by atoms with Gasteiger partial charge in [0.1, 0.15) is 0 Å². The van der Waals surface area contributed by atoms with E-state index in [0.29, 0.717) is 12.8 Å². The lowest BCUT2D eigenvalue weighted by molar-refractivity contribution is -0.153. The Balaban J connectivity index is 1.96. The molecule has 1 heterocycles. The molecule has 0 aromatic rings.